The standard InChI is InChI=1S/C8H14O.C7H14O.C4H8O/c1-2-6-3-4-7-8(5-6)9-7;1-3-7(4-2)5-8-6-7;1-2-4-3-5-4/h6-8H,2-5H2,1H3;3-6H2,1-2H3;4H,2-3H2,1H3. The zero-order valence-electron chi connectivity index (χ0n) is 15.1. The van der Waals surface area contributed by atoms with E-state index in [1.807, 2.05) is 0 Å². The van der Waals surface area contributed by atoms with Crippen LogP contribution in [0.5, 0.6) is 0 Å². The lowest BCUT2D eigenvalue weighted by Gasteiger charge is -2.39. The number of fused-ring (bicyclic) bond motifs is 1. The topological polar surface area (TPSA) is 34.3 Å². The highest BCUT2D eigenvalue weighted by molar-refractivity contribution is 4.91. The number of epoxide rings is 2. The van der Waals surface area contributed by atoms with Crippen LogP contribution in [-0.2, 0) is 14.2 Å². The molecule has 0 aromatic rings. The Kier molecular flexibility index (Phi) is 7.17. The average Bonchev–Trinajstić information content (AvgIpc) is 3.41. The van der Waals surface area contributed by atoms with Crippen molar-refractivity contribution in [3.63, 3.8) is 0 Å². The van der Waals surface area contributed by atoms with Gasteiger partial charge in [0, 0.05) is 5.41 Å². The van der Waals surface area contributed by atoms with Crippen LogP contribution in [0, 0.1) is 11.3 Å². The summed E-state index contributed by atoms with van der Waals surface area (Å²) in [5.41, 5.74) is 0.583. The van der Waals surface area contributed by atoms with Crippen LogP contribution in [0.4, 0.5) is 0 Å². The summed E-state index contributed by atoms with van der Waals surface area (Å²) in [5, 5.41) is 0. The van der Waals surface area contributed by atoms with Crippen LogP contribution in [0.2, 0.25) is 0 Å². The zero-order valence-corrected chi connectivity index (χ0v) is 15.1. The van der Waals surface area contributed by atoms with Crippen LogP contribution < -0.4 is 0 Å². The molecule has 0 spiro atoms. The van der Waals surface area contributed by atoms with Gasteiger partial charge in [0.1, 0.15) is 0 Å². The maximum absolute atomic E-state index is 5.41. The van der Waals surface area contributed by atoms with Crippen molar-refractivity contribution in [2.45, 2.75) is 91.0 Å². The zero-order chi connectivity index (χ0) is 16.0. The second-order valence-electron chi connectivity index (χ2n) is 7.36. The normalized spacial score (nSPS) is 36.5. The fourth-order valence-electron chi connectivity index (χ4n) is 3.21. The Hall–Kier alpha value is -0.120. The lowest BCUT2D eigenvalue weighted by molar-refractivity contribution is -0.116. The Bertz CT molecular complexity index is 296. The number of ether oxygens (including phenoxy) is 3. The van der Waals surface area contributed by atoms with Gasteiger partial charge in [-0.2, -0.15) is 0 Å². The molecule has 4 rings (SSSR count). The largest absolute Gasteiger partial charge is 0.380 e. The van der Waals surface area contributed by atoms with Crippen molar-refractivity contribution < 1.29 is 14.2 Å². The summed E-state index contributed by atoms with van der Waals surface area (Å²) in [5.74, 6) is 0.980. The molecule has 22 heavy (non-hydrogen) atoms. The Morgan fingerprint density at radius 3 is 1.86 bits per heavy atom. The fraction of sp³-hybridized carbons (Fsp3) is 1.00. The molecule has 0 aromatic carbocycles. The molecule has 4 aliphatic rings. The smallest absolute Gasteiger partial charge is 0.0844 e. The van der Waals surface area contributed by atoms with Gasteiger partial charge >= 0.3 is 0 Å². The molecule has 0 aromatic heterocycles. The Morgan fingerprint density at radius 1 is 0.909 bits per heavy atom. The van der Waals surface area contributed by atoms with E-state index in [0.29, 0.717) is 23.7 Å². The summed E-state index contributed by atoms with van der Waals surface area (Å²) in [6.45, 7) is 11.9. The minimum Gasteiger partial charge on any atom is -0.380 e. The molecule has 0 radical (unpaired) electrons. The summed E-state index contributed by atoms with van der Waals surface area (Å²) in [4.78, 5) is 0. The molecule has 4 atom stereocenters. The maximum Gasteiger partial charge on any atom is 0.0844 e. The van der Waals surface area contributed by atoms with E-state index in [1.54, 1.807) is 0 Å². The van der Waals surface area contributed by atoms with Gasteiger partial charge in [-0.1, -0.05) is 34.1 Å². The predicted molar refractivity (Wildman–Crippen MR) is 90.2 cm³/mol. The third-order valence-corrected chi connectivity index (χ3v) is 5.86. The minimum absolute atomic E-state index is 0.583. The van der Waals surface area contributed by atoms with Gasteiger partial charge in [-0.05, 0) is 44.4 Å². The van der Waals surface area contributed by atoms with Crippen molar-refractivity contribution in [3.8, 4) is 0 Å². The fourth-order valence-corrected chi connectivity index (χ4v) is 3.21. The van der Waals surface area contributed by atoms with Crippen LogP contribution >= 0.6 is 0 Å². The highest BCUT2D eigenvalue weighted by atomic mass is 16.6. The number of rotatable bonds is 4. The quantitative estimate of drug-likeness (QED) is 0.712. The summed E-state index contributed by atoms with van der Waals surface area (Å²) in [6, 6.07) is 0. The minimum atomic E-state index is 0.583. The van der Waals surface area contributed by atoms with Crippen molar-refractivity contribution in [2.24, 2.45) is 11.3 Å². The number of hydrogen-bond donors (Lipinski definition) is 0. The average molecular weight is 312 g/mol. The molecule has 3 heteroatoms. The molecule has 0 bridgehead atoms. The first-order chi connectivity index (χ1) is 10.7. The van der Waals surface area contributed by atoms with Gasteiger partial charge < -0.3 is 14.2 Å². The van der Waals surface area contributed by atoms with Crippen molar-refractivity contribution in [3.05, 3.63) is 0 Å². The van der Waals surface area contributed by atoms with Crippen LogP contribution in [0.15, 0.2) is 0 Å². The molecule has 3 aliphatic heterocycles. The van der Waals surface area contributed by atoms with E-state index in [1.165, 1.54) is 44.9 Å². The molecule has 1 aliphatic carbocycles. The van der Waals surface area contributed by atoms with Gasteiger partial charge in [-0.3, -0.25) is 0 Å². The lowest BCUT2D eigenvalue weighted by atomic mass is 9.81. The van der Waals surface area contributed by atoms with Crippen LogP contribution in [0.3, 0.4) is 0 Å². The molecule has 130 valence electrons. The molecular formula is C19H36O3. The Balaban J connectivity index is 0.000000125. The summed E-state index contributed by atoms with van der Waals surface area (Å²) in [6.07, 6.45) is 11.2. The molecule has 0 N–H and O–H groups in total. The second kappa shape index (κ2) is 8.65. The molecular weight excluding hydrogens is 276 g/mol. The van der Waals surface area contributed by atoms with Gasteiger partial charge in [-0.15, -0.1) is 0 Å². The van der Waals surface area contributed by atoms with Crippen molar-refractivity contribution in [2.75, 3.05) is 19.8 Å². The van der Waals surface area contributed by atoms with E-state index in [-0.39, 0.29) is 0 Å². The van der Waals surface area contributed by atoms with Crippen molar-refractivity contribution in [1.29, 1.82) is 0 Å². The van der Waals surface area contributed by atoms with E-state index < -0.39 is 0 Å². The molecule has 4 unspecified atom stereocenters. The molecule has 1 saturated carbocycles. The second-order valence-corrected chi connectivity index (χ2v) is 7.36. The van der Waals surface area contributed by atoms with Crippen molar-refractivity contribution in [1.82, 2.24) is 0 Å². The van der Waals surface area contributed by atoms with E-state index in [2.05, 4.69) is 27.7 Å². The molecule has 3 heterocycles. The van der Waals surface area contributed by atoms with E-state index >= 15 is 0 Å². The van der Waals surface area contributed by atoms with Gasteiger partial charge in [-0.25, -0.2) is 0 Å². The third kappa shape index (κ3) is 5.50. The Morgan fingerprint density at radius 2 is 1.59 bits per heavy atom. The Labute approximate surface area is 137 Å². The summed E-state index contributed by atoms with van der Waals surface area (Å²) >= 11 is 0. The molecule has 3 saturated heterocycles. The summed E-state index contributed by atoms with van der Waals surface area (Å²) in [7, 11) is 0. The highest BCUT2D eigenvalue weighted by Crippen LogP contribution is 2.40. The van der Waals surface area contributed by atoms with Crippen LogP contribution in [0.25, 0.3) is 0 Å². The molecule has 4 fully saturated rings. The van der Waals surface area contributed by atoms with E-state index in [4.69, 9.17) is 14.2 Å². The van der Waals surface area contributed by atoms with E-state index in [0.717, 1.165) is 25.7 Å². The highest BCUT2D eigenvalue weighted by Gasteiger charge is 2.43. The number of hydrogen-bond acceptors (Lipinski definition) is 3. The first-order valence-electron chi connectivity index (χ1n) is 9.51. The molecule has 3 nitrogen and oxygen atoms in total. The summed E-state index contributed by atoms with van der Waals surface area (Å²) < 4.78 is 15.4. The van der Waals surface area contributed by atoms with Gasteiger partial charge in [0.05, 0.1) is 38.1 Å². The van der Waals surface area contributed by atoms with Crippen LogP contribution in [0.1, 0.15) is 72.6 Å². The monoisotopic (exact) mass is 312 g/mol. The van der Waals surface area contributed by atoms with Gasteiger partial charge in [0.15, 0.2) is 0 Å². The first-order valence-corrected chi connectivity index (χ1v) is 9.51. The van der Waals surface area contributed by atoms with E-state index in [9.17, 15) is 0 Å². The molecule has 0 amide bonds. The van der Waals surface area contributed by atoms with Crippen molar-refractivity contribution >= 4 is 0 Å². The SMILES string of the molecule is CCC1(CC)COC1.CCC1CCC2OC2C1.CCC1CO1. The van der Waals surface area contributed by atoms with Gasteiger partial charge in [0.2, 0.25) is 0 Å². The third-order valence-electron chi connectivity index (χ3n) is 5.86. The maximum atomic E-state index is 5.41. The van der Waals surface area contributed by atoms with Gasteiger partial charge in [0.25, 0.3) is 0 Å². The lowest BCUT2D eigenvalue weighted by Crippen LogP contribution is -2.41. The predicted octanol–water partition coefficient (Wildman–Crippen LogP) is 4.58. The van der Waals surface area contributed by atoms with Crippen LogP contribution in [-0.4, -0.2) is 38.1 Å². The first kappa shape index (κ1) is 18.2.